The maximum Gasteiger partial charge on any atom is 0.132 e. The highest BCUT2D eigenvalue weighted by atomic mass is 35.5. The van der Waals surface area contributed by atoms with Gasteiger partial charge in [-0.05, 0) is 6.42 Å². The first-order chi connectivity index (χ1) is 8.60. The van der Waals surface area contributed by atoms with Gasteiger partial charge >= 0.3 is 0 Å². The second-order valence-corrected chi connectivity index (χ2v) is 3.84. The zero-order chi connectivity index (χ0) is 13.1. The molecule has 0 aliphatic carbocycles. The second-order valence-electron chi connectivity index (χ2n) is 3.84. The van der Waals surface area contributed by atoms with Crippen LogP contribution in [0.1, 0.15) is 5.56 Å². The van der Waals surface area contributed by atoms with Gasteiger partial charge in [-0.3, -0.25) is 4.68 Å². The molecule has 2 aromatic rings. The Morgan fingerprint density at radius 3 is 2.37 bits per heavy atom. The Kier molecular flexibility index (Phi) is 5.23. The van der Waals surface area contributed by atoms with Gasteiger partial charge < -0.3 is 5.32 Å². The van der Waals surface area contributed by atoms with Crippen molar-refractivity contribution in [2.24, 2.45) is 0 Å². The van der Waals surface area contributed by atoms with E-state index in [1.54, 1.807) is 24.1 Å². The van der Waals surface area contributed by atoms with Crippen molar-refractivity contribution in [2.45, 2.75) is 13.0 Å². The van der Waals surface area contributed by atoms with E-state index in [9.17, 15) is 13.2 Å². The van der Waals surface area contributed by atoms with E-state index < -0.39 is 17.5 Å². The fraction of sp³-hybridized carbons (Fsp3) is 0.250. The third-order valence-corrected chi connectivity index (χ3v) is 2.62. The van der Waals surface area contributed by atoms with E-state index >= 15 is 0 Å². The topological polar surface area (TPSA) is 29.9 Å². The molecule has 1 heterocycles. The van der Waals surface area contributed by atoms with Crippen LogP contribution in [0, 0.1) is 17.5 Å². The van der Waals surface area contributed by atoms with Crippen molar-refractivity contribution in [3.05, 3.63) is 47.5 Å². The van der Waals surface area contributed by atoms with Crippen molar-refractivity contribution >= 4 is 18.1 Å². The highest BCUT2D eigenvalue weighted by molar-refractivity contribution is 5.85. The van der Waals surface area contributed by atoms with E-state index in [-0.39, 0.29) is 24.4 Å². The van der Waals surface area contributed by atoms with Crippen molar-refractivity contribution in [3.63, 3.8) is 0 Å². The molecule has 1 aromatic heterocycles. The monoisotopic (exact) mass is 291 g/mol. The molecule has 3 nitrogen and oxygen atoms in total. The van der Waals surface area contributed by atoms with Crippen LogP contribution in [0.15, 0.2) is 24.5 Å². The van der Waals surface area contributed by atoms with Crippen LogP contribution in [0.25, 0.3) is 0 Å². The van der Waals surface area contributed by atoms with Gasteiger partial charge in [-0.15, -0.1) is 12.4 Å². The van der Waals surface area contributed by atoms with Gasteiger partial charge in [-0.25, -0.2) is 13.2 Å². The summed E-state index contributed by atoms with van der Waals surface area (Å²) in [5.41, 5.74) is 0.688. The van der Waals surface area contributed by atoms with Gasteiger partial charge in [0.05, 0.1) is 11.9 Å². The number of hydrogen-bond acceptors (Lipinski definition) is 2. The molecule has 0 spiro atoms. The first-order valence-electron chi connectivity index (χ1n) is 5.44. The molecule has 0 radical (unpaired) electrons. The summed E-state index contributed by atoms with van der Waals surface area (Å²) in [5, 5.41) is 6.91. The first-order valence-corrected chi connectivity index (χ1v) is 5.44. The minimum atomic E-state index is -0.912. The molecule has 2 rings (SSSR count). The van der Waals surface area contributed by atoms with E-state index in [0.717, 1.165) is 5.69 Å². The Bertz CT molecular complexity index is 534. The van der Waals surface area contributed by atoms with Crippen molar-refractivity contribution in [2.75, 3.05) is 12.4 Å². The lowest BCUT2D eigenvalue weighted by atomic mass is 10.1. The van der Waals surface area contributed by atoms with Gasteiger partial charge in [0.1, 0.15) is 17.5 Å². The molecule has 0 aliphatic rings. The Morgan fingerprint density at radius 1 is 1.21 bits per heavy atom. The minimum Gasteiger partial charge on any atom is -0.386 e. The zero-order valence-electron chi connectivity index (χ0n) is 10.2. The summed E-state index contributed by atoms with van der Waals surface area (Å²) in [5.74, 6) is -2.65. The zero-order valence-corrected chi connectivity index (χ0v) is 11.0. The fourth-order valence-electron chi connectivity index (χ4n) is 1.65. The molecule has 0 fully saturated rings. The molecule has 0 amide bonds. The van der Waals surface area contributed by atoms with Crippen LogP contribution >= 0.6 is 12.4 Å². The molecule has 19 heavy (non-hydrogen) atoms. The number of hydrogen-bond donors (Lipinski definition) is 1. The van der Waals surface area contributed by atoms with Crippen molar-refractivity contribution in [3.8, 4) is 0 Å². The van der Waals surface area contributed by atoms with E-state index in [4.69, 9.17) is 0 Å². The standard InChI is InChI=1S/C12H12F3N3.ClH/c1-16-9-6-17-18(7-9)3-2-10-11(14)4-8(13)5-12(10)15;/h4-7,16H,2-3H2,1H3;1H. The molecule has 1 aromatic carbocycles. The summed E-state index contributed by atoms with van der Waals surface area (Å²) in [6.45, 7) is 0.321. The van der Waals surface area contributed by atoms with E-state index in [1.165, 1.54) is 0 Å². The first kappa shape index (κ1) is 15.4. The smallest absolute Gasteiger partial charge is 0.132 e. The SMILES string of the molecule is CNc1cnn(CCc2c(F)cc(F)cc2F)c1.Cl. The average molecular weight is 292 g/mol. The highest BCUT2D eigenvalue weighted by Gasteiger charge is 2.11. The maximum absolute atomic E-state index is 13.4. The van der Waals surface area contributed by atoms with Crippen LogP contribution in [0.4, 0.5) is 18.9 Å². The Balaban J connectivity index is 0.00000180. The Labute approximate surface area is 114 Å². The fourth-order valence-corrected chi connectivity index (χ4v) is 1.65. The summed E-state index contributed by atoms with van der Waals surface area (Å²) in [4.78, 5) is 0. The summed E-state index contributed by atoms with van der Waals surface area (Å²) in [6, 6.07) is 1.36. The number of anilines is 1. The van der Waals surface area contributed by atoms with E-state index in [0.29, 0.717) is 18.7 Å². The molecular formula is C12H13ClF3N3. The number of aromatic nitrogens is 2. The van der Waals surface area contributed by atoms with Gasteiger partial charge in [0.25, 0.3) is 0 Å². The number of nitrogens with one attached hydrogen (secondary N) is 1. The van der Waals surface area contributed by atoms with Gasteiger partial charge in [-0.2, -0.15) is 5.10 Å². The molecule has 0 saturated carbocycles. The molecule has 0 atom stereocenters. The van der Waals surface area contributed by atoms with Crippen LogP contribution in [0.5, 0.6) is 0 Å². The molecule has 0 unspecified atom stereocenters. The third kappa shape index (κ3) is 3.64. The second kappa shape index (κ2) is 6.47. The lowest BCUT2D eigenvalue weighted by Gasteiger charge is -2.05. The van der Waals surface area contributed by atoms with Gasteiger partial charge in [-0.1, -0.05) is 0 Å². The average Bonchev–Trinajstić information content (AvgIpc) is 2.75. The molecule has 0 bridgehead atoms. The molecule has 104 valence electrons. The Morgan fingerprint density at radius 2 is 1.84 bits per heavy atom. The maximum atomic E-state index is 13.4. The number of aryl methyl sites for hydroxylation is 1. The van der Waals surface area contributed by atoms with Crippen molar-refractivity contribution in [1.29, 1.82) is 0 Å². The molecule has 1 N–H and O–H groups in total. The van der Waals surface area contributed by atoms with Crippen molar-refractivity contribution in [1.82, 2.24) is 9.78 Å². The number of rotatable bonds is 4. The molecule has 7 heteroatoms. The van der Waals surface area contributed by atoms with Crippen molar-refractivity contribution < 1.29 is 13.2 Å². The number of benzene rings is 1. The summed E-state index contributed by atoms with van der Waals surface area (Å²) < 4.78 is 41.0. The van der Waals surface area contributed by atoms with Crippen LogP contribution in [-0.2, 0) is 13.0 Å². The van der Waals surface area contributed by atoms with E-state index in [2.05, 4.69) is 10.4 Å². The summed E-state index contributed by atoms with van der Waals surface area (Å²) in [6.07, 6.45) is 3.44. The lowest BCUT2D eigenvalue weighted by molar-refractivity contribution is 0.508. The van der Waals surface area contributed by atoms with E-state index in [1.807, 2.05) is 0 Å². The predicted octanol–water partition coefficient (Wildman–Crippen LogP) is 3.01. The third-order valence-electron chi connectivity index (χ3n) is 2.62. The normalized spacial score (nSPS) is 10.1. The van der Waals surface area contributed by atoms with Gasteiger partial charge in [0.15, 0.2) is 0 Å². The summed E-state index contributed by atoms with van der Waals surface area (Å²) in [7, 11) is 1.75. The molecule has 0 aliphatic heterocycles. The highest BCUT2D eigenvalue weighted by Crippen LogP contribution is 2.16. The largest absolute Gasteiger partial charge is 0.386 e. The number of nitrogens with zero attached hydrogens (tertiary/aromatic N) is 2. The van der Waals surface area contributed by atoms with Crippen LogP contribution in [-0.4, -0.2) is 16.8 Å². The summed E-state index contributed by atoms with van der Waals surface area (Å²) >= 11 is 0. The quantitative estimate of drug-likeness (QED) is 0.938. The molecule has 0 saturated heterocycles. The van der Waals surface area contributed by atoms with Gasteiger partial charge in [0, 0.05) is 37.5 Å². The lowest BCUT2D eigenvalue weighted by Crippen LogP contribution is -2.05. The molecular weight excluding hydrogens is 279 g/mol. The number of halogens is 4. The van der Waals surface area contributed by atoms with Crippen LogP contribution in [0.3, 0.4) is 0 Å². The Hall–Kier alpha value is -1.69. The predicted molar refractivity (Wildman–Crippen MR) is 69.0 cm³/mol. The van der Waals surface area contributed by atoms with Gasteiger partial charge in [0.2, 0.25) is 0 Å². The van der Waals surface area contributed by atoms with Crippen LogP contribution in [0.2, 0.25) is 0 Å². The minimum absolute atomic E-state index is 0. The van der Waals surface area contributed by atoms with Crippen LogP contribution < -0.4 is 5.32 Å².